The number of ether oxygens (including phenoxy) is 2. The van der Waals surface area contributed by atoms with Crippen molar-refractivity contribution in [2.45, 2.75) is 33.0 Å². The molecule has 2 bridgehead atoms. The van der Waals surface area contributed by atoms with E-state index in [1.165, 1.54) is 0 Å². The summed E-state index contributed by atoms with van der Waals surface area (Å²) in [7, 11) is 1.61. The maximum absolute atomic E-state index is 13.2. The lowest BCUT2D eigenvalue weighted by molar-refractivity contribution is -0.130. The normalized spacial score (nSPS) is 17.3. The molecule has 0 spiro atoms. The summed E-state index contributed by atoms with van der Waals surface area (Å²) in [5.41, 5.74) is 1.82. The first-order valence-corrected chi connectivity index (χ1v) is 14.4. The Balaban J connectivity index is 1.41. The zero-order valence-corrected chi connectivity index (χ0v) is 24.2. The highest BCUT2D eigenvalue weighted by Gasteiger charge is 2.25. The van der Waals surface area contributed by atoms with Crippen LogP contribution in [0.2, 0.25) is 0 Å². The average molecular weight is 578 g/mol. The van der Waals surface area contributed by atoms with E-state index in [0.717, 1.165) is 26.8 Å². The van der Waals surface area contributed by atoms with Gasteiger partial charge in [0.1, 0.15) is 18.5 Å². The smallest absolute Gasteiger partial charge is 0.242 e. The van der Waals surface area contributed by atoms with Gasteiger partial charge in [-0.2, -0.15) is 5.10 Å². The Morgan fingerprint density at radius 2 is 2.02 bits per heavy atom. The number of thiophene rings is 1. The summed E-state index contributed by atoms with van der Waals surface area (Å²) >= 11 is 1.64. The number of nitrogens with one attached hydrogen (secondary N) is 3. The van der Waals surface area contributed by atoms with E-state index >= 15 is 0 Å². The number of nitrogens with zero attached hydrogens (tertiary/aromatic N) is 4. The number of hydrogen-bond donors (Lipinski definition) is 3. The summed E-state index contributed by atoms with van der Waals surface area (Å²) < 4.78 is 13.8. The van der Waals surface area contributed by atoms with Gasteiger partial charge in [-0.15, -0.1) is 11.3 Å². The van der Waals surface area contributed by atoms with Crippen molar-refractivity contribution in [3.8, 4) is 33.5 Å². The number of imidazole rings is 1. The third kappa shape index (κ3) is 6.95. The van der Waals surface area contributed by atoms with Crippen LogP contribution in [0.15, 0.2) is 55.0 Å². The van der Waals surface area contributed by atoms with E-state index in [2.05, 4.69) is 31.9 Å². The minimum Gasteiger partial charge on any atom is -0.493 e. The molecule has 12 heteroatoms. The third-order valence-corrected chi connectivity index (χ3v) is 8.00. The molecule has 1 atom stereocenters. The summed E-state index contributed by atoms with van der Waals surface area (Å²) in [6.45, 7) is 6.23. The van der Waals surface area contributed by atoms with Crippen molar-refractivity contribution in [2.75, 3.05) is 33.4 Å². The molecule has 3 N–H and O–H groups in total. The lowest BCUT2D eigenvalue weighted by Crippen LogP contribution is -2.52. The molecule has 1 aromatic carbocycles. The number of benzene rings is 1. The molecule has 0 fully saturated rings. The molecule has 1 aliphatic rings. The monoisotopic (exact) mass is 577 g/mol. The van der Waals surface area contributed by atoms with Crippen molar-refractivity contribution in [3.05, 3.63) is 59.9 Å². The van der Waals surface area contributed by atoms with Gasteiger partial charge in [-0.25, -0.2) is 4.98 Å². The fourth-order valence-electron chi connectivity index (χ4n) is 4.77. The van der Waals surface area contributed by atoms with Gasteiger partial charge in [-0.3, -0.25) is 19.6 Å². The van der Waals surface area contributed by atoms with E-state index < -0.39 is 6.04 Å². The average Bonchev–Trinajstić information content (AvgIpc) is 3.73. The van der Waals surface area contributed by atoms with Crippen LogP contribution < -0.4 is 20.1 Å². The lowest BCUT2D eigenvalue weighted by atomic mass is 10.0. The summed E-state index contributed by atoms with van der Waals surface area (Å²) in [5, 5.41) is 13.0. The van der Waals surface area contributed by atoms with E-state index in [4.69, 9.17) is 9.47 Å². The Labute approximate surface area is 242 Å². The van der Waals surface area contributed by atoms with Crippen LogP contribution >= 0.6 is 11.3 Å². The van der Waals surface area contributed by atoms with Gasteiger partial charge in [0.25, 0.3) is 0 Å². The van der Waals surface area contributed by atoms with Crippen LogP contribution in [0.5, 0.6) is 11.5 Å². The highest BCUT2D eigenvalue weighted by molar-refractivity contribution is 7.15. The lowest BCUT2D eigenvalue weighted by Gasteiger charge is -2.25. The highest BCUT2D eigenvalue weighted by Crippen LogP contribution is 2.32. The molecular weight excluding hydrogens is 542 g/mol. The third-order valence-electron chi connectivity index (χ3n) is 6.89. The molecule has 41 heavy (non-hydrogen) atoms. The van der Waals surface area contributed by atoms with Crippen molar-refractivity contribution >= 4 is 23.2 Å². The first kappa shape index (κ1) is 28.4. The number of H-pyrrole nitrogens is 1. The molecular formula is C29H35N7O4S. The highest BCUT2D eigenvalue weighted by atomic mass is 32.1. The van der Waals surface area contributed by atoms with Gasteiger partial charge in [0.05, 0.1) is 24.2 Å². The number of amides is 2. The Bertz CT molecular complexity index is 1460. The number of rotatable bonds is 5. The van der Waals surface area contributed by atoms with Gasteiger partial charge in [-0.1, -0.05) is 13.8 Å². The largest absolute Gasteiger partial charge is 0.493 e. The van der Waals surface area contributed by atoms with E-state index in [1.54, 1.807) is 30.8 Å². The molecule has 4 aromatic rings. The second-order valence-corrected chi connectivity index (χ2v) is 11.4. The van der Waals surface area contributed by atoms with Gasteiger partial charge >= 0.3 is 0 Å². The van der Waals surface area contributed by atoms with Gasteiger partial charge in [0.15, 0.2) is 11.5 Å². The Kier molecular flexibility index (Phi) is 9.00. The number of carbonyl (C=O) groups excluding carboxylic acids is 2. The van der Waals surface area contributed by atoms with Gasteiger partial charge < -0.3 is 24.7 Å². The SMILES string of the molecule is COc1ccc2cc1OCCN(Cc1ccc(-c3ccn[nH]3)s1)CC(=O)N[C@H](C(C)C)C(=O)NCCn1ccnc1-2. The Morgan fingerprint density at radius 1 is 1.15 bits per heavy atom. The molecule has 0 radical (unpaired) electrons. The second-order valence-electron chi connectivity index (χ2n) is 10.2. The summed E-state index contributed by atoms with van der Waals surface area (Å²) in [5.74, 6) is 1.47. The van der Waals surface area contributed by atoms with Crippen molar-refractivity contribution in [1.82, 2.24) is 35.3 Å². The second kappa shape index (κ2) is 13.0. The fourth-order valence-corrected chi connectivity index (χ4v) is 5.79. The van der Waals surface area contributed by atoms with Crippen molar-refractivity contribution in [1.29, 1.82) is 0 Å². The predicted octanol–water partition coefficient (Wildman–Crippen LogP) is 3.16. The number of aromatic nitrogens is 4. The van der Waals surface area contributed by atoms with Crippen LogP contribution in [0.3, 0.4) is 0 Å². The Morgan fingerprint density at radius 3 is 2.80 bits per heavy atom. The number of hydrogen-bond acceptors (Lipinski definition) is 8. The molecule has 1 aliphatic heterocycles. The summed E-state index contributed by atoms with van der Waals surface area (Å²) in [4.78, 5) is 35.1. The van der Waals surface area contributed by atoms with E-state index in [1.807, 2.05) is 59.8 Å². The van der Waals surface area contributed by atoms with Crippen molar-refractivity contribution in [3.63, 3.8) is 0 Å². The van der Waals surface area contributed by atoms with Crippen LogP contribution in [0.25, 0.3) is 22.0 Å². The molecule has 4 heterocycles. The van der Waals surface area contributed by atoms with E-state index in [0.29, 0.717) is 44.3 Å². The molecule has 5 rings (SSSR count). The zero-order chi connectivity index (χ0) is 28.8. The van der Waals surface area contributed by atoms with E-state index in [9.17, 15) is 9.59 Å². The summed E-state index contributed by atoms with van der Waals surface area (Å²) in [6, 6.07) is 11.1. The number of aromatic amines is 1. The number of fused-ring (bicyclic) bond motifs is 4. The molecule has 216 valence electrons. The molecule has 3 aromatic heterocycles. The number of carbonyl (C=O) groups is 2. The minimum atomic E-state index is -0.647. The van der Waals surface area contributed by atoms with Crippen LogP contribution in [0, 0.1) is 5.92 Å². The van der Waals surface area contributed by atoms with Crippen LogP contribution in [-0.2, 0) is 22.7 Å². The van der Waals surface area contributed by atoms with Gasteiger partial charge in [0.2, 0.25) is 11.8 Å². The topological polar surface area (TPSA) is 126 Å². The summed E-state index contributed by atoms with van der Waals surface area (Å²) in [6.07, 6.45) is 5.33. The standard InChI is InChI=1S/C29H35N7O4S/c1-19(2)27-29(38)31-11-13-36-12-10-30-28(36)20-4-6-23(39-3)24(16-20)40-15-14-35(18-26(37)33-27)17-21-5-7-25(41-21)22-8-9-32-34-22/h4-10,12,16,19,27H,11,13-15,17-18H2,1-3H3,(H,31,38)(H,32,34)(H,33,37)/t27-/m1/s1. The quantitative estimate of drug-likeness (QED) is 0.333. The van der Waals surface area contributed by atoms with Crippen molar-refractivity contribution < 1.29 is 19.1 Å². The maximum Gasteiger partial charge on any atom is 0.242 e. The predicted molar refractivity (Wildman–Crippen MR) is 157 cm³/mol. The molecule has 0 saturated heterocycles. The van der Waals surface area contributed by atoms with Crippen LogP contribution in [0.1, 0.15) is 18.7 Å². The molecule has 11 nitrogen and oxygen atoms in total. The Hall–Kier alpha value is -4.16. The fraction of sp³-hybridized carbons (Fsp3) is 0.379. The molecule has 0 saturated carbocycles. The molecule has 0 unspecified atom stereocenters. The minimum absolute atomic E-state index is 0.0789. The van der Waals surface area contributed by atoms with Gasteiger partial charge in [0, 0.05) is 55.2 Å². The maximum atomic E-state index is 13.2. The van der Waals surface area contributed by atoms with Crippen molar-refractivity contribution in [2.24, 2.45) is 5.92 Å². The number of methoxy groups -OCH3 is 1. The first-order valence-electron chi connectivity index (χ1n) is 13.6. The molecule has 2 amide bonds. The zero-order valence-electron chi connectivity index (χ0n) is 23.4. The van der Waals surface area contributed by atoms with Gasteiger partial charge in [-0.05, 0) is 42.3 Å². The first-order chi connectivity index (χ1) is 19.9. The molecule has 0 aliphatic carbocycles. The van der Waals surface area contributed by atoms with Crippen LogP contribution in [0.4, 0.5) is 0 Å². The van der Waals surface area contributed by atoms with E-state index in [-0.39, 0.29) is 24.3 Å². The van der Waals surface area contributed by atoms with Crippen LogP contribution in [-0.4, -0.2) is 75.9 Å².